The fourth-order valence-corrected chi connectivity index (χ4v) is 2.51. The molecule has 2 N–H and O–H groups in total. The first-order valence-corrected chi connectivity index (χ1v) is 8.07. The van der Waals surface area contributed by atoms with Crippen LogP contribution in [0.25, 0.3) is 0 Å². The maximum absolute atomic E-state index is 11.6. The summed E-state index contributed by atoms with van der Waals surface area (Å²) >= 11 is 1.73. The van der Waals surface area contributed by atoms with E-state index in [0.29, 0.717) is 13.1 Å². The maximum atomic E-state index is 11.6. The van der Waals surface area contributed by atoms with Gasteiger partial charge < -0.3 is 15.1 Å². The molecule has 4 nitrogen and oxygen atoms in total. The highest BCUT2D eigenvalue weighted by molar-refractivity contribution is 7.98. The van der Waals surface area contributed by atoms with Crippen molar-refractivity contribution in [3.05, 3.63) is 59.5 Å². The van der Waals surface area contributed by atoms with E-state index in [1.54, 1.807) is 18.0 Å². The Balaban J connectivity index is 1.54. The zero-order valence-corrected chi connectivity index (χ0v) is 12.9. The van der Waals surface area contributed by atoms with E-state index in [2.05, 4.69) is 10.6 Å². The zero-order valence-electron chi connectivity index (χ0n) is 12.1. The number of hydrogen-bond acceptors (Lipinski definition) is 3. The lowest BCUT2D eigenvalue weighted by molar-refractivity contribution is 0.241. The summed E-state index contributed by atoms with van der Waals surface area (Å²) in [4.78, 5) is 11.6. The molecule has 0 spiro atoms. The molecule has 1 aromatic heterocycles. The first kappa shape index (κ1) is 15.5. The van der Waals surface area contributed by atoms with Crippen molar-refractivity contribution in [3.63, 3.8) is 0 Å². The molecule has 112 valence electrons. The van der Waals surface area contributed by atoms with E-state index < -0.39 is 0 Å². The molecule has 2 aromatic rings. The van der Waals surface area contributed by atoms with E-state index in [4.69, 9.17) is 4.42 Å². The molecule has 0 fully saturated rings. The summed E-state index contributed by atoms with van der Waals surface area (Å²) in [5.74, 6) is 2.65. The third kappa shape index (κ3) is 5.95. The fraction of sp³-hybridized carbons (Fsp3) is 0.312. The predicted octanol–water partition coefficient (Wildman–Crippen LogP) is 3.32. The molecule has 0 unspecified atom stereocenters. The van der Waals surface area contributed by atoms with Crippen LogP contribution < -0.4 is 10.6 Å². The molecular formula is C16H20N2O2S. The lowest BCUT2D eigenvalue weighted by atomic mass is 10.1. The number of aryl methyl sites for hydroxylation is 1. The molecule has 5 heteroatoms. The standard InChI is InChI=1S/C16H20N2O2S/c1-13-4-6-14(7-5-13)11-18-16(19)17-8-10-21-12-15-3-2-9-20-15/h2-7,9H,8,10-12H2,1H3,(H2,17,18,19). The van der Waals surface area contributed by atoms with Gasteiger partial charge in [0.15, 0.2) is 0 Å². The van der Waals surface area contributed by atoms with Crippen molar-refractivity contribution in [2.24, 2.45) is 0 Å². The van der Waals surface area contributed by atoms with E-state index in [-0.39, 0.29) is 6.03 Å². The van der Waals surface area contributed by atoms with Crippen molar-refractivity contribution >= 4 is 17.8 Å². The van der Waals surface area contributed by atoms with E-state index in [9.17, 15) is 4.79 Å². The Kier molecular flexibility index (Phi) is 6.22. The first-order chi connectivity index (χ1) is 10.2. The summed E-state index contributed by atoms with van der Waals surface area (Å²) in [5.41, 5.74) is 2.32. The Hall–Kier alpha value is -1.88. The van der Waals surface area contributed by atoms with Crippen molar-refractivity contribution < 1.29 is 9.21 Å². The second-order valence-corrected chi connectivity index (χ2v) is 5.83. The molecule has 0 aliphatic rings. The molecule has 1 heterocycles. The Labute approximate surface area is 129 Å². The molecule has 0 radical (unpaired) electrons. The summed E-state index contributed by atoms with van der Waals surface area (Å²) in [7, 11) is 0. The SMILES string of the molecule is Cc1ccc(CNC(=O)NCCSCc2ccco2)cc1. The van der Waals surface area contributed by atoms with Crippen molar-refractivity contribution in [1.82, 2.24) is 10.6 Å². The van der Waals surface area contributed by atoms with Gasteiger partial charge >= 0.3 is 6.03 Å². The number of thioether (sulfide) groups is 1. The second-order valence-electron chi connectivity index (χ2n) is 4.73. The third-order valence-electron chi connectivity index (χ3n) is 2.93. The maximum Gasteiger partial charge on any atom is 0.315 e. The summed E-state index contributed by atoms with van der Waals surface area (Å²) in [6, 6.07) is 11.8. The molecule has 0 aliphatic heterocycles. The molecule has 0 saturated carbocycles. The molecule has 2 rings (SSSR count). The molecule has 21 heavy (non-hydrogen) atoms. The van der Waals surface area contributed by atoms with E-state index in [1.807, 2.05) is 43.3 Å². The zero-order chi connectivity index (χ0) is 14.9. The molecule has 0 saturated heterocycles. The second kappa shape index (κ2) is 8.42. The number of furan rings is 1. The van der Waals surface area contributed by atoms with Crippen molar-refractivity contribution in [3.8, 4) is 0 Å². The van der Waals surface area contributed by atoms with Gasteiger partial charge in [-0.05, 0) is 24.6 Å². The minimum absolute atomic E-state index is 0.130. The number of rotatable bonds is 7. The fourth-order valence-electron chi connectivity index (χ4n) is 1.75. The Morgan fingerprint density at radius 2 is 2.00 bits per heavy atom. The smallest absolute Gasteiger partial charge is 0.315 e. The van der Waals surface area contributed by atoms with Crippen LogP contribution in [0.5, 0.6) is 0 Å². The summed E-state index contributed by atoms with van der Waals surface area (Å²) in [6.45, 7) is 3.24. The average Bonchev–Trinajstić information content (AvgIpc) is 2.99. The number of nitrogens with one attached hydrogen (secondary N) is 2. The van der Waals surface area contributed by atoms with Crippen LogP contribution in [0, 0.1) is 6.92 Å². The predicted molar refractivity (Wildman–Crippen MR) is 86.3 cm³/mol. The summed E-state index contributed by atoms with van der Waals surface area (Å²) < 4.78 is 5.24. The number of carbonyl (C=O) groups excluding carboxylic acids is 1. The largest absolute Gasteiger partial charge is 0.468 e. The summed E-state index contributed by atoms with van der Waals surface area (Å²) in [5, 5.41) is 5.69. The monoisotopic (exact) mass is 304 g/mol. The lowest BCUT2D eigenvalue weighted by Crippen LogP contribution is -2.36. The van der Waals surface area contributed by atoms with E-state index in [0.717, 1.165) is 22.8 Å². The molecule has 0 aliphatic carbocycles. The molecule has 2 amide bonds. The highest BCUT2D eigenvalue weighted by atomic mass is 32.2. The van der Waals surface area contributed by atoms with Crippen LogP contribution in [-0.4, -0.2) is 18.3 Å². The molecule has 1 aromatic carbocycles. The Bertz CT molecular complexity index is 538. The molecule has 0 atom stereocenters. The highest BCUT2D eigenvalue weighted by Gasteiger charge is 2.00. The van der Waals surface area contributed by atoms with Gasteiger partial charge in [-0.1, -0.05) is 29.8 Å². The summed E-state index contributed by atoms with van der Waals surface area (Å²) in [6.07, 6.45) is 1.67. The van der Waals surface area contributed by atoms with E-state index >= 15 is 0 Å². The number of urea groups is 1. The number of hydrogen-bond donors (Lipinski definition) is 2. The van der Waals surface area contributed by atoms with Gasteiger partial charge in [0.25, 0.3) is 0 Å². The van der Waals surface area contributed by atoms with Gasteiger partial charge in [-0.15, -0.1) is 0 Å². The Morgan fingerprint density at radius 1 is 1.19 bits per heavy atom. The first-order valence-electron chi connectivity index (χ1n) is 6.91. The van der Waals surface area contributed by atoms with Crippen molar-refractivity contribution in [2.45, 2.75) is 19.2 Å². The van der Waals surface area contributed by atoms with Crippen LogP contribution in [0.15, 0.2) is 47.1 Å². The topological polar surface area (TPSA) is 54.3 Å². The lowest BCUT2D eigenvalue weighted by Gasteiger charge is -2.07. The minimum atomic E-state index is -0.130. The number of carbonyl (C=O) groups is 1. The Morgan fingerprint density at radius 3 is 2.71 bits per heavy atom. The number of amides is 2. The van der Waals surface area contributed by atoms with Crippen LogP contribution in [0.2, 0.25) is 0 Å². The van der Waals surface area contributed by atoms with Crippen LogP contribution >= 0.6 is 11.8 Å². The van der Waals surface area contributed by atoms with Gasteiger partial charge in [0, 0.05) is 18.8 Å². The van der Waals surface area contributed by atoms with Crippen LogP contribution in [0.3, 0.4) is 0 Å². The molecular weight excluding hydrogens is 284 g/mol. The van der Waals surface area contributed by atoms with Crippen molar-refractivity contribution in [2.75, 3.05) is 12.3 Å². The van der Waals surface area contributed by atoms with Gasteiger partial charge in [0.1, 0.15) is 5.76 Å². The normalized spacial score (nSPS) is 10.3. The van der Waals surface area contributed by atoms with Gasteiger partial charge in [0.2, 0.25) is 0 Å². The van der Waals surface area contributed by atoms with E-state index in [1.165, 1.54) is 5.56 Å². The molecule has 0 bridgehead atoms. The van der Waals surface area contributed by atoms with Gasteiger partial charge in [-0.25, -0.2) is 4.79 Å². The van der Waals surface area contributed by atoms with Crippen LogP contribution in [0.1, 0.15) is 16.9 Å². The number of benzene rings is 1. The van der Waals surface area contributed by atoms with Gasteiger partial charge in [-0.3, -0.25) is 0 Å². The van der Waals surface area contributed by atoms with Crippen LogP contribution in [0.4, 0.5) is 4.79 Å². The highest BCUT2D eigenvalue weighted by Crippen LogP contribution is 2.11. The van der Waals surface area contributed by atoms with Gasteiger partial charge in [-0.2, -0.15) is 11.8 Å². The van der Waals surface area contributed by atoms with Gasteiger partial charge in [0.05, 0.1) is 12.0 Å². The third-order valence-corrected chi connectivity index (χ3v) is 3.91. The average molecular weight is 304 g/mol. The van der Waals surface area contributed by atoms with Crippen molar-refractivity contribution in [1.29, 1.82) is 0 Å². The quantitative estimate of drug-likeness (QED) is 0.772. The minimum Gasteiger partial charge on any atom is -0.468 e. The van der Waals surface area contributed by atoms with Crippen LogP contribution in [-0.2, 0) is 12.3 Å².